The zero-order valence-corrected chi connectivity index (χ0v) is 12.5. The second-order valence-electron chi connectivity index (χ2n) is 5.75. The molecule has 0 saturated heterocycles. The van der Waals surface area contributed by atoms with Crippen molar-refractivity contribution in [2.75, 3.05) is 5.73 Å². The Labute approximate surface area is 120 Å². The van der Waals surface area contributed by atoms with E-state index in [4.69, 9.17) is 5.73 Å². The van der Waals surface area contributed by atoms with Gasteiger partial charge in [0.05, 0.1) is 0 Å². The van der Waals surface area contributed by atoms with Crippen LogP contribution in [0.5, 0.6) is 0 Å². The van der Waals surface area contributed by atoms with Gasteiger partial charge >= 0.3 is 0 Å². The summed E-state index contributed by atoms with van der Waals surface area (Å²) < 4.78 is 1.87. The van der Waals surface area contributed by atoms with Gasteiger partial charge in [0.2, 0.25) is 0 Å². The Bertz CT molecular complexity index is 539. The summed E-state index contributed by atoms with van der Waals surface area (Å²) in [4.78, 5) is 0. The summed E-state index contributed by atoms with van der Waals surface area (Å²) in [5.74, 6) is 1.55. The maximum atomic E-state index is 5.89. The van der Waals surface area contributed by atoms with Crippen molar-refractivity contribution in [2.24, 2.45) is 5.92 Å². The van der Waals surface area contributed by atoms with Crippen LogP contribution in [0.1, 0.15) is 38.7 Å². The van der Waals surface area contributed by atoms with E-state index in [0.717, 1.165) is 41.5 Å². The lowest BCUT2D eigenvalue weighted by Crippen LogP contribution is -2.04. The highest BCUT2D eigenvalue weighted by atomic mass is 15.5. The summed E-state index contributed by atoms with van der Waals surface area (Å²) in [5, 5.41) is 12.0. The second-order valence-corrected chi connectivity index (χ2v) is 5.75. The van der Waals surface area contributed by atoms with Gasteiger partial charge in [-0.1, -0.05) is 26.7 Å². The highest BCUT2D eigenvalue weighted by Crippen LogP contribution is 2.21. The Morgan fingerprint density at radius 2 is 2.00 bits per heavy atom. The maximum Gasteiger partial charge on any atom is 0.182 e. The number of anilines is 1. The molecule has 0 bridgehead atoms. The van der Waals surface area contributed by atoms with E-state index in [0.29, 0.717) is 0 Å². The molecule has 0 spiro atoms. The Kier molecular flexibility index (Phi) is 4.71. The van der Waals surface area contributed by atoms with Gasteiger partial charge in [0, 0.05) is 17.8 Å². The van der Waals surface area contributed by atoms with E-state index in [9.17, 15) is 0 Å². The van der Waals surface area contributed by atoms with Crippen LogP contribution in [0.2, 0.25) is 0 Å². The number of unbranched alkanes of at least 4 members (excludes halogenated alkanes) is 1. The van der Waals surface area contributed by atoms with Crippen molar-refractivity contribution >= 4 is 5.69 Å². The van der Waals surface area contributed by atoms with Crippen LogP contribution in [0.4, 0.5) is 5.69 Å². The van der Waals surface area contributed by atoms with Crippen LogP contribution in [-0.2, 0) is 6.54 Å². The molecule has 0 aliphatic rings. The third-order valence-corrected chi connectivity index (χ3v) is 3.29. The van der Waals surface area contributed by atoms with Gasteiger partial charge in [0.15, 0.2) is 5.82 Å². The minimum absolute atomic E-state index is 0.745. The van der Waals surface area contributed by atoms with E-state index in [1.54, 1.807) is 0 Å². The van der Waals surface area contributed by atoms with Gasteiger partial charge < -0.3 is 5.73 Å². The summed E-state index contributed by atoms with van der Waals surface area (Å²) >= 11 is 0. The van der Waals surface area contributed by atoms with Gasteiger partial charge in [-0.25, -0.2) is 4.68 Å². The van der Waals surface area contributed by atoms with Gasteiger partial charge in [-0.15, -0.1) is 5.10 Å². The van der Waals surface area contributed by atoms with Crippen molar-refractivity contribution in [1.29, 1.82) is 0 Å². The lowest BCUT2D eigenvalue weighted by molar-refractivity contribution is 0.487. The summed E-state index contributed by atoms with van der Waals surface area (Å²) in [7, 11) is 0. The summed E-state index contributed by atoms with van der Waals surface area (Å²) in [5.41, 5.74) is 8.74. The van der Waals surface area contributed by atoms with E-state index < -0.39 is 0 Å². The van der Waals surface area contributed by atoms with Crippen LogP contribution < -0.4 is 5.73 Å². The van der Waals surface area contributed by atoms with Crippen molar-refractivity contribution in [2.45, 2.75) is 46.6 Å². The Hall–Kier alpha value is -1.91. The van der Waals surface area contributed by atoms with Crippen LogP contribution in [0.25, 0.3) is 11.4 Å². The number of aryl methyl sites for hydroxylation is 2. The minimum Gasteiger partial charge on any atom is -0.399 e. The summed E-state index contributed by atoms with van der Waals surface area (Å²) in [6.45, 7) is 7.37. The number of aromatic nitrogens is 4. The zero-order valence-electron chi connectivity index (χ0n) is 12.5. The van der Waals surface area contributed by atoms with Crippen LogP contribution in [-0.4, -0.2) is 20.2 Å². The SMILES string of the molecule is Cc1cc(N)cc(-c2nnnn2CCCCC(C)C)c1. The van der Waals surface area contributed by atoms with E-state index in [2.05, 4.69) is 35.4 Å². The molecule has 20 heavy (non-hydrogen) atoms. The monoisotopic (exact) mass is 273 g/mol. The fourth-order valence-electron chi connectivity index (χ4n) is 2.32. The number of rotatable bonds is 6. The van der Waals surface area contributed by atoms with Gasteiger partial charge in [0.1, 0.15) is 0 Å². The molecule has 2 N–H and O–H groups in total. The largest absolute Gasteiger partial charge is 0.399 e. The fourth-order valence-corrected chi connectivity index (χ4v) is 2.32. The molecule has 1 aromatic heterocycles. The second kappa shape index (κ2) is 6.50. The molecule has 1 heterocycles. The maximum absolute atomic E-state index is 5.89. The average Bonchev–Trinajstić information content (AvgIpc) is 2.81. The normalized spacial score (nSPS) is 11.2. The zero-order chi connectivity index (χ0) is 14.5. The molecule has 2 aromatic rings. The molecule has 0 amide bonds. The smallest absolute Gasteiger partial charge is 0.182 e. The number of nitrogens with zero attached hydrogens (tertiary/aromatic N) is 4. The van der Waals surface area contributed by atoms with Crippen LogP contribution in [0.15, 0.2) is 18.2 Å². The molecule has 0 saturated carbocycles. The molecule has 108 valence electrons. The molecule has 5 nitrogen and oxygen atoms in total. The van der Waals surface area contributed by atoms with Crippen LogP contribution in [0, 0.1) is 12.8 Å². The lowest BCUT2D eigenvalue weighted by Gasteiger charge is -2.07. The predicted molar refractivity (Wildman–Crippen MR) is 81.1 cm³/mol. The molecule has 0 unspecified atom stereocenters. The van der Waals surface area contributed by atoms with Gasteiger partial charge in [-0.2, -0.15) is 0 Å². The molecule has 0 aliphatic carbocycles. The first-order valence-corrected chi connectivity index (χ1v) is 7.20. The lowest BCUT2D eigenvalue weighted by atomic mass is 10.1. The number of hydrogen-bond donors (Lipinski definition) is 1. The van der Waals surface area contributed by atoms with E-state index in [1.807, 2.05) is 23.7 Å². The van der Waals surface area contributed by atoms with Gasteiger partial charge in [-0.3, -0.25) is 0 Å². The molecule has 0 fully saturated rings. The van der Waals surface area contributed by atoms with Gasteiger partial charge in [0.25, 0.3) is 0 Å². The molecule has 0 atom stereocenters. The number of nitrogens with two attached hydrogens (primary N) is 1. The van der Waals surface area contributed by atoms with Crippen molar-refractivity contribution in [3.05, 3.63) is 23.8 Å². The minimum atomic E-state index is 0.745. The van der Waals surface area contributed by atoms with E-state index in [1.165, 1.54) is 12.8 Å². The van der Waals surface area contributed by atoms with Gasteiger partial charge in [-0.05, 0) is 53.5 Å². The first-order chi connectivity index (χ1) is 9.56. The fraction of sp³-hybridized carbons (Fsp3) is 0.533. The number of hydrogen-bond acceptors (Lipinski definition) is 4. The molecule has 2 rings (SSSR count). The molecule has 5 heteroatoms. The highest BCUT2D eigenvalue weighted by Gasteiger charge is 2.09. The number of tetrazole rings is 1. The van der Waals surface area contributed by atoms with Crippen molar-refractivity contribution in [3.8, 4) is 11.4 Å². The first-order valence-electron chi connectivity index (χ1n) is 7.20. The molecule has 0 radical (unpaired) electrons. The van der Waals surface area contributed by atoms with Crippen molar-refractivity contribution in [1.82, 2.24) is 20.2 Å². The third kappa shape index (κ3) is 3.79. The quantitative estimate of drug-likeness (QED) is 0.648. The van der Waals surface area contributed by atoms with E-state index >= 15 is 0 Å². The molecular formula is C15H23N5. The first kappa shape index (κ1) is 14.5. The van der Waals surface area contributed by atoms with E-state index in [-0.39, 0.29) is 0 Å². The number of nitrogen functional groups attached to an aromatic ring is 1. The summed E-state index contributed by atoms with van der Waals surface area (Å²) in [6.07, 6.45) is 3.54. The third-order valence-electron chi connectivity index (χ3n) is 3.29. The van der Waals surface area contributed by atoms with Crippen molar-refractivity contribution < 1.29 is 0 Å². The molecular weight excluding hydrogens is 250 g/mol. The van der Waals surface area contributed by atoms with Crippen molar-refractivity contribution in [3.63, 3.8) is 0 Å². The van der Waals surface area contributed by atoms with Crippen LogP contribution >= 0.6 is 0 Å². The topological polar surface area (TPSA) is 69.6 Å². The number of benzene rings is 1. The van der Waals surface area contributed by atoms with Crippen LogP contribution in [0.3, 0.4) is 0 Å². The summed E-state index contributed by atoms with van der Waals surface area (Å²) in [6, 6.07) is 5.93. The Morgan fingerprint density at radius 3 is 2.70 bits per heavy atom. The Balaban J connectivity index is 2.08. The molecule has 1 aromatic carbocycles. The highest BCUT2D eigenvalue weighted by molar-refractivity contribution is 5.62. The standard InChI is InChI=1S/C15H23N5/c1-11(2)6-4-5-7-20-15(17-18-19-20)13-8-12(3)9-14(16)10-13/h8-11H,4-7,16H2,1-3H3. The Morgan fingerprint density at radius 1 is 1.20 bits per heavy atom. The molecule has 0 aliphatic heterocycles. The average molecular weight is 273 g/mol. The predicted octanol–water partition coefficient (Wildman–Crippen LogP) is 3.06.